The van der Waals surface area contributed by atoms with Crippen LogP contribution in [-0.2, 0) is 6.42 Å². The molecule has 0 bridgehead atoms. The summed E-state index contributed by atoms with van der Waals surface area (Å²) in [6, 6.07) is 11.4. The molecule has 2 heterocycles. The highest BCUT2D eigenvalue weighted by atomic mass is 16.5. The maximum atomic E-state index is 10.5. The molecule has 1 aromatic carbocycles. The van der Waals surface area contributed by atoms with Crippen molar-refractivity contribution in [3.8, 4) is 11.8 Å². The van der Waals surface area contributed by atoms with Gasteiger partial charge in [0.05, 0.1) is 11.8 Å². The van der Waals surface area contributed by atoms with E-state index < -0.39 is 11.5 Å². The van der Waals surface area contributed by atoms with Crippen molar-refractivity contribution < 1.29 is 9.84 Å². The van der Waals surface area contributed by atoms with E-state index >= 15 is 0 Å². The number of aliphatic hydroxyl groups is 1. The second kappa shape index (κ2) is 4.91. The minimum Gasteiger partial charge on any atom is -0.492 e. The van der Waals surface area contributed by atoms with E-state index in [2.05, 4.69) is 16.0 Å². The van der Waals surface area contributed by atoms with Crippen LogP contribution in [0.3, 0.4) is 0 Å². The Morgan fingerprint density at radius 2 is 2.20 bits per heavy atom. The van der Waals surface area contributed by atoms with Crippen LogP contribution in [-0.4, -0.2) is 21.7 Å². The average Bonchev–Trinajstić information content (AvgIpc) is 2.54. The van der Waals surface area contributed by atoms with Crippen LogP contribution < -0.4 is 4.74 Å². The number of aliphatic hydroxyl groups excluding tert-OH is 1. The highest BCUT2D eigenvalue weighted by Crippen LogP contribution is 2.41. The zero-order chi connectivity index (χ0) is 14.0. The Morgan fingerprint density at radius 3 is 2.95 bits per heavy atom. The summed E-state index contributed by atoms with van der Waals surface area (Å²) in [6.45, 7) is 0.145. The molecule has 0 saturated heterocycles. The molecule has 0 radical (unpaired) electrons. The predicted molar refractivity (Wildman–Crippen MR) is 70.7 cm³/mol. The Morgan fingerprint density at radius 1 is 1.35 bits per heavy atom. The monoisotopic (exact) mass is 267 g/mol. The summed E-state index contributed by atoms with van der Waals surface area (Å²) in [5.74, 6) is 0.772. The van der Waals surface area contributed by atoms with Crippen molar-refractivity contribution >= 4 is 0 Å². The third kappa shape index (κ3) is 2.00. The van der Waals surface area contributed by atoms with Crippen LogP contribution in [0.25, 0.3) is 0 Å². The first-order valence-corrected chi connectivity index (χ1v) is 6.31. The Bertz CT molecular complexity index is 654. The Hall–Kier alpha value is -2.45. The molecule has 3 rings (SSSR count). The van der Waals surface area contributed by atoms with E-state index in [9.17, 15) is 10.4 Å². The largest absolute Gasteiger partial charge is 0.492 e. The van der Waals surface area contributed by atoms with Crippen LogP contribution in [0.15, 0.2) is 42.9 Å². The number of aromatic nitrogens is 2. The van der Waals surface area contributed by atoms with E-state index in [4.69, 9.17) is 4.74 Å². The molecule has 1 aliphatic heterocycles. The van der Waals surface area contributed by atoms with E-state index in [1.165, 1.54) is 6.33 Å². The van der Waals surface area contributed by atoms with E-state index in [1.54, 1.807) is 12.3 Å². The Balaban J connectivity index is 1.97. The van der Waals surface area contributed by atoms with Gasteiger partial charge < -0.3 is 9.84 Å². The zero-order valence-electron chi connectivity index (χ0n) is 10.7. The lowest BCUT2D eigenvalue weighted by Crippen LogP contribution is -2.39. The summed E-state index contributed by atoms with van der Waals surface area (Å²) in [4.78, 5) is 7.86. The Labute approximate surface area is 116 Å². The number of hydrogen-bond donors (Lipinski definition) is 1. The van der Waals surface area contributed by atoms with Gasteiger partial charge in [0.1, 0.15) is 30.2 Å². The van der Waals surface area contributed by atoms with Gasteiger partial charge in [-0.1, -0.05) is 18.2 Å². The van der Waals surface area contributed by atoms with Gasteiger partial charge in [0.25, 0.3) is 0 Å². The highest BCUT2D eigenvalue weighted by Gasteiger charge is 2.44. The molecule has 1 N–H and O–H groups in total. The third-order valence-corrected chi connectivity index (χ3v) is 3.59. The van der Waals surface area contributed by atoms with Crippen molar-refractivity contribution in [1.82, 2.24) is 9.97 Å². The SMILES string of the molecule is N#CC1(C(O)c2ccncn2)COc2ccccc2C1. The molecule has 2 atom stereocenters. The number of ether oxygens (including phenoxy) is 1. The summed E-state index contributed by atoms with van der Waals surface area (Å²) < 4.78 is 5.65. The van der Waals surface area contributed by atoms with E-state index in [-0.39, 0.29) is 6.61 Å². The molecular formula is C15H13N3O2. The van der Waals surface area contributed by atoms with Gasteiger partial charge in [0.2, 0.25) is 0 Å². The van der Waals surface area contributed by atoms with E-state index in [0.717, 1.165) is 11.3 Å². The van der Waals surface area contributed by atoms with Gasteiger partial charge in [0, 0.05) is 12.6 Å². The molecule has 5 heteroatoms. The molecule has 1 aliphatic rings. The fraction of sp³-hybridized carbons (Fsp3) is 0.267. The first-order valence-electron chi connectivity index (χ1n) is 6.31. The molecule has 2 aromatic rings. The maximum Gasteiger partial charge on any atom is 0.127 e. The number of fused-ring (bicyclic) bond motifs is 1. The quantitative estimate of drug-likeness (QED) is 0.895. The zero-order valence-corrected chi connectivity index (χ0v) is 10.7. The molecule has 5 nitrogen and oxygen atoms in total. The van der Waals surface area contributed by atoms with Gasteiger partial charge in [0.15, 0.2) is 0 Å². The van der Waals surface area contributed by atoms with Crippen molar-refractivity contribution in [2.75, 3.05) is 6.61 Å². The molecular weight excluding hydrogens is 254 g/mol. The first kappa shape index (κ1) is 12.6. The molecule has 20 heavy (non-hydrogen) atoms. The second-order valence-corrected chi connectivity index (χ2v) is 4.88. The molecule has 2 unspecified atom stereocenters. The fourth-order valence-corrected chi connectivity index (χ4v) is 2.44. The number of benzene rings is 1. The molecule has 0 fully saturated rings. The minimum absolute atomic E-state index is 0.145. The predicted octanol–water partition coefficient (Wildman–Crippen LogP) is 1.66. The lowest BCUT2D eigenvalue weighted by molar-refractivity contribution is 0.0144. The smallest absolute Gasteiger partial charge is 0.127 e. The summed E-state index contributed by atoms with van der Waals surface area (Å²) >= 11 is 0. The number of hydrogen-bond acceptors (Lipinski definition) is 5. The van der Waals surface area contributed by atoms with Crippen molar-refractivity contribution in [3.05, 3.63) is 54.1 Å². The van der Waals surface area contributed by atoms with Crippen LogP contribution in [0.2, 0.25) is 0 Å². The summed E-state index contributed by atoms with van der Waals surface area (Å²) in [7, 11) is 0. The van der Waals surface area contributed by atoms with Crippen molar-refractivity contribution in [2.24, 2.45) is 5.41 Å². The number of nitrogens with zero attached hydrogens (tertiary/aromatic N) is 3. The second-order valence-electron chi connectivity index (χ2n) is 4.88. The van der Waals surface area contributed by atoms with E-state index in [0.29, 0.717) is 12.1 Å². The fourth-order valence-electron chi connectivity index (χ4n) is 2.44. The minimum atomic E-state index is -1.03. The van der Waals surface area contributed by atoms with Crippen LogP contribution in [0.5, 0.6) is 5.75 Å². The van der Waals surface area contributed by atoms with Crippen LogP contribution >= 0.6 is 0 Å². The summed E-state index contributed by atoms with van der Waals surface area (Å²) in [5.41, 5.74) is 0.334. The topological polar surface area (TPSA) is 79.0 Å². The van der Waals surface area contributed by atoms with Crippen LogP contribution in [0.1, 0.15) is 17.4 Å². The molecule has 100 valence electrons. The van der Waals surface area contributed by atoms with Crippen LogP contribution in [0.4, 0.5) is 0 Å². The maximum absolute atomic E-state index is 10.5. The molecule has 0 spiro atoms. The summed E-state index contributed by atoms with van der Waals surface area (Å²) in [5, 5.41) is 20.1. The van der Waals surface area contributed by atoms with Gasteiger partial charge >= 0.3 is 0 Å². The first-order chi connectivity index (χ1) is 9.75. The highest BCUT2D eigenvalue weighted by molar-refractivity contribution is 5.38. The molecule has 0 amide bonds. The van der Waals surface area contributed by atoms with Gasteiger partial charge in [-0.3, -0.25) is 0 Å². The van der Waals surface area contributed by atoms with Crippen molar-refractivity contribution in [3.63, 3.8) is 0 Å². The van der Waals surface area contributed by atoms with Crippen LogP contribution in [0, 0.1) is 16.7 Å². The van der Waals surface area contributed by atoms with Gasteiger partial charge in [-0.25, -0.2) is 9.97 Å². The number of rotatable bonds is 2. The van der Waals surface area contributed by atoms with Gasteiger partial charge in [-0.05, 0) is 17.7 Å². The standard InChI is InChI=1S/C15H13N3O2/c16-8-15(14(19)12-5-6-17-10-18-12)7-11-3-1-2-4-13(11)20-9-15/h1-6,10,14,19H,7,9H2. The molecule has 0 saturated carbocycles. The average molecular weight is 267 g/mol. The van der Waals surface area contributed by atoms with E-state index in [1.807, 2.05) is 24.3 Å². The van der Waals surface area contributed by atoms with Gasteiger partial charge in [-0.15, -0.1) is 0 Å². The number of nitriles is 1. The van der Waals surface area contributed by atoms with Crippen molar-refractivity contribution in [1.29, 1.82) is 5.26 Å². The Kier molecular flexibility index (Phi) is 3.09. The molecule has 0 aliphatic carbocycles. The number of para-hydroxylation sites is 1. The normalized spacial score (nSPS) is 22.2. The van der Waals surface area contributed by atoms with Crippen molar-refractivity contribution in [2.45, 2.75) is 12.5 Å². The third-order valence-electron chi connectivity index (χ3n) is 3.59. The summed E-state index contributed by atoms with van der Waals surface area (Å²) in [6.07, 6.45) is 2.34. The van der Waals surface area contributed by atoms with Gasteiger partial charge in [-0.2, -0.15) is 5.26 Å². The molecule has 1 aromatic heterocycles. The lowest BCUT2D eigenvalue weighted by atomic mass is 9.76. The lowest BCUT2D eigenvalue weighted by Gasteiger charge is -2.35.